The first-order valence-corrected chi connectivity index (χ1v) is 21.1. The second-order valence-electron chi connectivity index (χ2n) is 16.8. The van der Waals surface area contributed by atoms with E-state index in [-0.39, 0.29) is 57.7 Å². The summed E-state index contributed by atoms with van der Waals surface area (Å²) in [5.74, 6) is -0.0364. The number of benzene rings is 3. The molecule has 3 aromatic carbocycles. The topological polar surface area (TPSA) is 143 Å². The molecule has 5 aromatic rings. The highest BCUT2D eigenvalue weighted by atomic mass is 16.6. The molecule has 332 valence electrons. The van der Waals surface area contributed by atoms with Crippen molar-refractivity contribution in [2.45, 2.75) is 72.0 Å². The van der Waals surface area contributed by atoms with E-state index in [1.54, 1.807) is 27.8 Å². The van der Waals surface area contributed by atoms with E-state index in [1.165, 1.54) is 9.80 Å². The largest absolute Gasteiger partial charge is 0.460 e. The number of esters is 1. The van der Waals surface area contributed by atoms with Crippen LogP contribution in [0.2, 0.25) is 0 Å². The summed E-state index contributed by atoms with van der Waals surface area (Å²) in [6, 6.07) is 29.8. The standard InChI is InChI=1S/C48H61N5O9/c1-47(2,3)61-42(54)23-27-57-29-31-59-32-30-58-28-26-52(25-24-51(7)45(55)62-48(4,5)6)46(56)60-44-40(34-37-19-13-9-14-20-37)50-43-39(33-36-17-11-8-12-18-36)49-41(35-53(43)44)38-21-15-10-16-22-38/h8-22,35H,23-34H2,1-7H3. The van der Waals surface area contributed by atoms with Gasteiger partial charge >= 0.3 is 18.2 Å². The number of amides is 2. The van der Waals surface area contributed by atoms with Crippen LogP contribution in [0.5, 0.6) is 5.88 Å². The first kappa shape index (κ1) is 47.2. The first-order valence-electron chi connectivity index (χ1n) is 21.1. The van der Waals surface area contributed by atoms with Gasteiger partial charge in [-0.25, -0.2) is 19.6 Å². The van der Waals surface area contributed by atoms with E-state index in [0.29, 0.717) is 49.7 Å². The van der Waals surface area contributed by atoms with E-state index in [1.807, 2.05) is 122 Å². The van der Waals surface area contributed by atoms with Crippen LogP contribution in [0.15, 0.2) is 97.2 Å². The molecule has 0 aliphatic rings. The zero-order chi connectivity index (χ0) is 44.5. The third-order valence-electron chi connectivity index (χ3n) is 9.17. The molecule has 2 heterocycles. The summed E-state index contributed by atoms with van der Waals surface area (Å²) in [4.78, 5) is 52.3. The summed E-state index contributed by atoms with van der Waals surface area (Å²) in [5.41, 5.74) is 4.31. The van der Waals surface area contributed by atoms with E-state index >= 15 is 0 Å². The maximum Gasteiger partial charge on any atom is 0.416 e. The Hall–Kier alpha value is -5.83. The van der Waals surface area contributed by atoms with Crippen molar-refractivity contribution in [1.29, 1.82) is 0 Å². The van der Waals surface area contributed by atoms with Crippen molar-refractivity contribution in [3.05, 3.63) is 120 Å². The summed E-state index contributed by atoms with van der Waals surface area (Å²) >= 11 is 0. The quantitative estimate of drug-likeness (QED) is 0.0523. The number of hydrogen-bond donors (Lipinski definition) is 0. The molecule has 0 saturated carbocycles. The van der Waals surface area contributed by atoms with E-state index < -0.39 is 23.4 Å². The van der Waals surface area contributed by atoms with Crippen LogP contribution in [0.4, 0.5) is 9.59 Å². The molecule has 2 aromatic heterocycles. The summed E-state index contributed by atoms with van der Waals surface area (Å²) in [5, 5.41) is 0. The Kier molecular flexibility index (Phi) is 17.4. The van der Waals surface area contributed by atoms with Gasteiger partial charge in [-0.1, -0.05) is 91.0 Å². The van der Waals surface area contributed by atoms with Gasteiger partial charge in [-0.3, -0.25) is 9.20 Å². The van der Waals surface area contributed by atoms with Gasteiger partial charge in [0.2, 0.25) is 5.88 Å². The lowest BCUT2D eigenvalue weighted by molar-refractivity contribution is -0.156. The SMILES string of the molecule is CN(CCN(CCOCCOCCOCCC(=O)OC(C)(C)C)C(=O)Oc1c(Cc2ccccc2)nc2c(Cc3ccccc3)nc(-c3ccccc3)cn12)C(=O)OC(C)(C)C. The Labute approximate surface area is 365 Å². The fraction of sp³-hybridized carbons (Fsp3) is 0.438. The molecule has 0 spiro atoms. The van der Waals surface area contributed by atoms with Crippen molar-refractivity contribution in [3.63, 3.8) is 0 Å². The van der Waals surface area contributed by atoms with Crippen molar-refractivity contribution in [2.24, 2.45) is 0 Å². The zero-order valence-corrected chi connectivity index (χ0v) is 37.1. The van der Waals surface area contributed by atoms with Crippen LogP contribution in [0.1, 0.15) is 70.5 Å². The third kappa shape index (κ3) is 15.6. The Morgan fingerprint density at radius 2 is 1.13 bits per heavy atom. The molecule has 0 aliphatic heterocycles. The lowest BCUT2D eigenvalue weighted by Crippen LogP contribution is -2.43. The van der Waals surface area contributed by atoms with Crippen molar-refractivity contribution >= 4 is 23.8 Å². The summed E-state index contributed by atoms with van der Waals surface area (Å²) in [6.07, 6.45) is 1.79. The van der Waals surface area contributed by atoms with Gasteiger partial charge in [0.05, 0.1) is 57.4 Å². The number of nitrogens with zero attached hydrogens (tertiary/aromatic N) is 5. The predicted octanol–water partition coefficient (Wildman–Crippen LogP) is 8.03. The summed E-state index contributed by atoms with van der Waals surface area (Å²) in [7, 11) is 1.63. The van der Waals surface area contributed by atoms with Crippen molar-refractivity contribution in [3.8, 4) is 17.1 Å². The molecule has 0 unspecified atom stereocenters. The Morgan fingerprint density at radius 1 is 0.597 bits per heavy atom. The van der Waals surface area contributed by atoms with Crippen LogP contribution in [0, 0.1) is 0 Å². The van der Waals surface area contributed by atoms with Crippen LogP contribution in [0.3, 0.4) is 0 Å². The number of aromatic nitrogens is 3. The van der Waals surface area contributed by atoms with Crippen molar-refractivity contribution in [1.82, 2.24) is 24.2 Å². The number of rotatable bonds is 21. The van der Waals surface area contributed by atoms with Gasteiger partial charge in [0.1, 0.15) is 16.9 Å². The molecule has 0 bridgehead atoms. The van der Waals surface area contributed by atoms with Gasteiger partial charge in [0.15, 0.2) is 5.65 Å². The fourth-order valence-electron chi connectivity index (χ4n) is 6.21. The molecule has 0 saturated heterocycles. The highest BCUT2D eigenvalue weighted by molar-refractivity contribution is 5.73. The second-order valence-corrected chi connectivity index (χ2v) is 16.8. The minimum absolute atomic E-state index is 0.135. The normalized spacial score (nSPS) is 11.7. The minimum atomic E-state index is -0.683. The van der Waals surface area contributed by atoms with E-state index in [0.717, 1.165) is 22.4 Å². The zero-order valence-electron chi connectivity index (χ0n) is 37.1. The molecular weight excluding hydrogens is 791 g/mol. The number of carbonyl (C=O) groups is 3. The minimum Gasteiger partial charge on any atom is -0.460 e. The molecule has 5 rings (SSSR count). The lowest BCUT2D eigenvalue weighted by atomic mass is 10.1. The molecular formula is C48H61N5O9. The third-order valence-corrected chi connectivity index (χ3v) is 9.17. The Bertz CT molecular complexity index is 2170. The molecule has 0 atom stereocenters. The first-order chi connectivity index (χ1) is 29.6. The average Bonchev–Trinajstić information content (AvgIpc) is 3.56. The smallest absolute Gasteiger partial charge is 0.416 e. The van der Waals surface area contributed by atoms with E-state index in [4.69, 9.17) is 38.4 Å². The Balaban J connectivity index is 1.33. The molecule has 62 heavy (non-hydrogen) atoms. The van der Waals surface area contributed by atoms with Crippen LogP contribution >= 0.6 is 0 Å². The molecule has 0 radical (unpaired) electrons. The van der Waals surface area contributed by atoms with Crippen LogP contribution in [-0.2, 0) is 41.3 Å². The number of ether oxygens (including phenoxy) is 6. The fourth-order valence-corrected chi connectivity index (χ4v) is 6.21. The average molecular weight is 852 g/mol. The van der Waals surface area contributed by atoms with Gasteiger partial charge in [-0.05, 0) is 52.7 Å². The van der Waals surface area contributed by atoms with Crippen molar-refractivity contribution < 1.29 is 42.8 Å². The highest BCUT2D eigenvalue weighted by Gasteiger charge is 2.26. The molecule has 2 amide bonds. The van der Waals surface area contributed by atoms with E-state index in [9.17, 15) is 14.4 Å². The molecule has 0 N–H and O–H groups in total. The summed E-state index contributed by atoms with van der Waals surface area (Å²) in [6.45, 7) is 13.0. The monoisotopic (exact) mass is 851 g/mol. The molecule has 0 aliphatic carbocycles. The Morgan fingerprint density at radius 3 is 1.71 bits per heavy atom. The van der Waals surface area contributed by atoms with Crippen LogP contribution in [0.25, 0.3) is 16.9 Å². The number of likely N-dealkylation sites (N-methyl/N-ethyl adjacent to an activating group) is 1. The highest BCUT2D eigenvalue weighted by Crippen LogP contribution is 2.30. The van der Waals surface area contributed by atoms with Gasteiger partial charge in [0.25, 0.3) is 0 Å². The number of hydrogen-bond acceptors (Lipinski definition) is 11. The second kappa shape index (κ2) is 22.9. The van der Waals surface area contributed by atoms with Crippen LogP contribution in [-0.4, -0.2) is 120 Å². The van der Waals surface area contributed by atoms with E-state index in [2.05, 4.69) is 0 Å². The van der Waals surface area contributed by atoms with Crippen LogP contribution < -0.4 is 4.74 Å². The van der Waals surface area contributed by atoms with Crippen molar-refractivity contribution in [2.75, 3.05) is 66.3 Å². The predicted molar refractivity (Wildman–Crippen MR) is 236 cm³/mol. The van der Waals surface area contributed by atoms with Gasteiger partial charge < -0.3 is 38.2 Å². The number of carbonyl (C=O) groups excluding carboxylic acids is 3. The number of imidazole rings is 1. The maximum atomic E-state index is 14.4. The van der Waals surface area contributed by atoms with Gasteiger partial charge in [0, 0.05) is 51.3 Å². The molecule has 14 heteroatoms. The van der Waals surface area contributed by atoms with Gasteiger partial charge in [-0.2, -0.15) is 0 Å². The van der Waals surface area contributed by atoms with Gasteiger partial charge in [-0.15, -0.1) is 0 Å². The summed E-state index contributed by atoms with van der Waals surface area (Å²) < 4.78 is 36.1. The molecule has 14 nitrogen and oxygen atoms in total. The maximum absolute atomic E-state index is 14.4. The molecule has 0 fully saturated rings. The lowest BCUT2D eigenvalue weighted by Gasteiger charge is -2.27. The number of fused-ring (bicyclic) bond motifs is 1.